The Morgan fingerprint density at radius 1 is 0.933 bits per heavy atom. The molecule has 45 heavy (non-hydrogen) atoms. The fourth-order valence-electron chi connectivity index (χ4n) is 5.62. The Morgan fingerprint density at radius 2 is 1.62 bits per heavy atom. The third kappa shape index (κ3) is 7.09. The highest BCUT2D eigenvalue weighted by Gasteiger charge is 2.36. The topological polar surface area (TPSA) is 139 Å². The molecular formula is C34H36N4O7. The summed E-state index contributed by atoms with van der Waals surface area (Å²) in [4.78, 5) is 58.0. The molecule has 3 N–H and O–H groups in total. The third-order valence-corrected chi connectivity index (χ3v) is 7.90. The van der Waals surface area contributed by atoms with Crippen LogP contribution in [0.4, 0.5) is 0 Å². The molecule has 4 aromatic rings. The van der Waals surface area contributed by atoms with Crippen LogP contribution in [0.3, 0.4) is 0 Å². The largest absolute Gasteiger partial charge is 0.493 e. The Kier molecular flexibility index (Phi) is 9.67. The van der Waals surface area contributed by atoms with Crippen LogP contribution in [0, 0.1) is 5.92 Å². The number of carbonyl (C=O) groups is 4. The van der Waals surface area contributed by atoms with Crippen LogP contribution in [0.25, 0.3) is 10.9 Å². The molecule has 2 atom stereocenters. The Labute approximate surface area is 260 Å². The summed E-state index contributed by atoms with van der Waals surface area (Å²) in [5.41, 5.74) is 3.22. The summed E-state index contributed by atoms with van der Waals surface area (Å²) in [6, 6.07) is 19.6. The molecule has 5 rings (SSSR count). The highest BCUT2D eigenvalue weighted by atomic mass is 16.5. The minimum atomic E-state index is -1.13. The van der Waals surface area contributed by atoms with E-state index in [1.807, 2.05) is 54.6 Å². The van der Waals surface area contributed by atoms with Crippen molar-refractivity contribution in [2.75, 3.05) is 34.4 Å². The fraction of sp³-hybridized carbons (Fsp3) is 0.294. The van der Waals surface area contributed by atoms with E-state index < -0.39 is 23.7 Å². The second-order valence-corrected chi connectivity index (χ2v) is 10.8. The van der Waals surface area contributed by atoms with Crippen LogP contribution in [0.1, 0.15) is 16.7 Å². The van der Waals surface area contributed by atoms with Gasteiger partial charge in [0, 0.05) is 30.1 Å². The predicted molar refractivity (Wildman–Crippen MR) is 167 cm³/mol. The number of methoxy groups -OCH3 is 3. The number of hydrogen-bond acceptors (Lipinski definition) is 7. The van der Waals surface area contributed by atoms with Gasteiger partial charge in [0.25, 0.3) is 0 Å². The molecule has 1 fully saturated rings. The lowest BCUT2D eigenvalue weighted by molar-refractivity contribution is -0.147. The van der Waals surface area contributed by atoms with E-state index in [2.05, 4.69) is 15.6 Å². The monoisotopic (exact) mass is 612 g/mol. The number of Topliss-reactive ketones (excluding diaryl/α,β-unsaturated/α-hetero) is 1. The number of piperazine rings is 1. The van der Waals surface area contributed by atoms with Crippen LogP contribution in [0.15, 0.2) is 72.9 Å². The maximum Gasteiger partial charge on any atom is 0.246 e. The first kappa shape index (κ1) is 31.1. The molecule has 3 aromatic carbocycles. The lowest BCUT2D eigenvalue weighted by atomic mass is 9.93. The number of aromatic amines is 1. The van der Waals surface area contributed by atoms with Crippen LogP contribution in [-0.2, 0) is 38.6 Å². The standard InChI is InChI=1S/C34H36N4O7/c1-43-29-14-22(15-30(44-2)32(29)45-3)17-36-33(41)25(16-23-18-35-26-12-8-7-11-24(23)26)28(39)19-38-20-31(40)37-27(34(38)42)13-21-9-5-4-6-10-21/h4-12,14-15,18,25,27,35H,13,16-17,19-20H2,1-3H3,(H,36,41)(H,37,40). The summed E-state index contributed by atoms with van der Waals surface area (Å²) in [6.45, 7) is -0.553. The van der Waals surface area contributed by atoms with Gasteiger partial charge in [-0.3, -0.25) is 19.2 Å². The molecule has 2 heterocycles. The van der Waals surface area contributed by atoms with Crippen LogP contribution >= 0.6 is 0 Å². The quantitative estimate of drug-likeness (QED) is 0.197. The van der Waals surface area contributed by atoms with E-state index in [0.29, 0.717) is 29.2 Å². The van der Waals surface area contributed by atoms with Gasteiger partial charge >= 0.3 is 0 Å². The molecule has 0 radical (unpaired) electrons. The van der Waals surface area contributed by atoms with Crippen molar-refractivity contribution in [3.63, 3.8) is 0 Å². The van der Waals surface area contributed by atoms with Gasteiger partial charge in [-0.1, -0.05) is 48.5 Å². The SMILES string of the molecule is COc1cc(CNC(=O)C(Cc2c[nH]c3ccccc23)C(=O)CN2CC(=O)NC(Cc3ccccc3)C2=O)cc(OC)c1OC. The van der Waals surface area contributed by atoms with Crippen LogP contribution in [-0.4, -0.2) is 73.8 Å². The average Bonchev–Trinajstić information content (AvgIpc) is 3.47. The second-order valence-electron chi connectivity index (χ2n) is 10.8. The molecular weight excluding hydrogens is 576 g/mol. The molecule has 0 aliphatic carbocycles. The summed E-state index contributed by atoms with van der Waals surface area (Å²) >= 11 is 0. The third-order valence-electron chi connectivity index (χ3n) is 7.90. The van der Waals surface area contributed by atoms with Gasteiger partial charge in [-0.05, 0) is 41.3 Å². The van der Waals surface area contributed by atoms with Crippen LogP contribution in [0.5, 0.6) is 17.2 Å². The Bertz CT molecular complexity index is 1680. The van der Waals surface area contributed by atoms with Crippen molar-refractivity contribution in [1.82, 2.24) is 20.5 Å². The van der Waals surface area contributed by atoms with Gasteiger partial charge < -0.3 is 34.7 Å². The normalized spacial score (nSPS) is 15.4. The first-order valence-corrected chi connectivity index (χ1v) is 14.6. The number of hydrogen-bond donors (Lipinski definition) is 3. The van der Waals surface area contributed by atoms with E-state index in [9.17, 15) is 19.2 Å². The van der Waals surface area contributed by atoms with E-state index in [-0.39, 0.29) is 37.9 Å². The first-order valence-electron chi connectivity index (χ1n) is 14.6. The smallest absolute Gasteiger partial charge is 0.246 e. The molecule has 3 amide bonds. The number of amides is 3. The van der Waals surface area contributed by atoms with Crippen molar-refractivity contribution in [2.45, 2.75) is 25.4 Å². The summed E-state index contributed by atoms with van der Waals surface area (Å²) < 4.78 is 16.2. The molecule has 1 aromatic heterocycles. The number of ketones is 1. The van der Waals surface area contributed by atoms with Gasteiger partial charge in [0.15, 0.2) is 17.3 Å². The van der Waals surface area contributed by atoms with Gasteiger partial charge in [0.1, 0.15) is 18.5 Å². The summed E-state index contributed by atoms with van der Waals surface area (Å²) in [7, 11) is 4.51. The van der Waals surface area contributed by atoms with Crippen molar-refractivity contribution < 1.29 is 33.4 Å². The van der Waals surface area contributed by atoms with Crippen molar-refractivity contribution in [1.29, 1.82) is 0 Å². The number of H-pyrrole nitrogens is 1. The number of ether oxygens (including phenoxy) is 3. The number of para-hydroxylation sites is 1. The number of nitrogens with one attached hydrogen (secondary N) is 3. The number of rotatable bonds is 13. The minimum absolute atomic E-state index is 0.0808. The lowest BCUT2D eigenvalue weighted by Crippen LogP contribution is -2.60. The molecule has 1 saturated heterocycles. The van der Waals surface area contributed by atoms with Crippen molar-refractivity contribution in [3.8, 4) is 17.2 Å². The maximum absolute atomic E-state index is 13.9. The Morgan fingerprint density at radius 3 is 2.31 bits per heavy atom. The molecule has 234 valence electrons. The zero-order valence-electron chi connectivity index (χ0n) is 25.4. The number of aromatic nitrogens is 1. The number of nitrogens with zero attached hydrogens (tertiary/aromatic N) is 1. The van der Waals surface area contributed by atoms with E-state index in [1.54, 1.807) is 18.3 Å². The zero-order valence-corrected chi connectivity index (χ0v) is 25.4. The van der Waals surface area contributed by atoms with Gasteiger partial charge in [0.2, 0.25) is 23.5 Å². The van der Waals surface area contributed by atoms with Gasteiger partial charge in [-0.25, -0.2) is 0 Å². The molecule has 11 heteroatoms. The minimum Gasteiger partial charge on any atom is -0.493 e. The Hall–Kier alpha value is -5.32. The maximum atomic E-state index is 13.9. The molecule has 1 aliphatic rings. The zero-order chi connectivity index (χ0) is 31.9. The van der Waals surface area contributed by atoms with Crippen LogP contribution in [0.2, 0.25) is 0 Å². The van der Waals surface area contributed by atoms with E-state index in [4.69, 9.17) is 14.2 Å². The van der Waals surface area contributed by atoms with Gasteiger partial charge in [0.05, 0.1) is 27.9 Å². The van der Waals surface area contributed by atoms with Crippen LogP contribution < -0.4 is 24.8 Å². The summed E-state index contributed by atoms with van der Waals surface area (Å²) in [5, 5.41) is 6.50. The fourth-order valence-corrected chi connectivity index (χ4v) is 5.62. The first-order chi connectivity index (χ1) is 21.8. The molecule has 0 bridgehead atoms. The lowest BCUT2D eigenvalue weighted by Gasteiger charge is -2.33. The van der Waals surface area contributed by atoms with E-state index in [0.717, 1.165) is 22.0 Å². The highest BCUT2D eigenvalue weighted by molar-refractivity contribution is 6.05. The molecule has 1 aliphatic heterocycles. The number of carbonyl (C=O) groups excluding carboxylic acids is 4. The number of benzene rings is 3. The van der Waals surface area contributed by atoms with Crippen molar-refractivity contribution >= 4 is 34.4 Å². The highest BCUT2D eigenvalue weighted by Crippen LogP contribution is 2.38. The van der Waals surface area contributed by atoms with Crippen molar-refractivity contribution in [2.24, 2.45) is 5.92 Å². The molecule has 0 spiro atoms. The molecule has 0 saturated carbocycles. The van der Waals surface area contributed by atoms with E-state index in [1.165, 1.54) is 26.2 Å². The van der Waals surface area contributed by atoms with Gasteiger partial charge in [-0.15, -0.1) is 0 Å². The second kappa shape index (κ2) is 14.0. The summed E-state index contributed by atoms with van der Waals surface area (Å²) in [5.74, 6) is -1.55. The molecule has 2 unspecified atom stereocenters. The molecule has 11 nitrogen and oxygen atoms in total. The van der Waals surface area contributed by atoms with Crippen molar-refractivity contribution in [3.05, 3.63) is 89.6 Å². The average molecular weight is 613 g/mol. The predicted octanol–water partition coefficient (Wildman–Crippen LogP) is 2.81. The number of fused-ring (bicyclic) bond motifs is 1. The summed E-state index contributed by atoms with van der Waals surface area (Å²) in [6.07, 6.45) is 2.18. The van der Waals surface area contributed by atoms with Gasteiger partial charge in [-0.2, -0.15) is 0 Å². The van der Waals surface area contributed by atoms with E-state index >= 15 is 0 Å². The Balaban J connectivity index is 1.36.